The first-order valence-corrected chi connectivity index (χ1v) is 7.25. The molecule has 3 aromatic rings. The van der Waals surface area contributed by atoms with Crippen molar-refractivity contribution in [2.75, 3.05) is 12.3 Å². The largest absolute Gasteiger partial charge is 0.493 e. The molecule has 22 heavy (non-hydrogen) atoms. The second-order valence-electron chi connectivity index (χ2n) is 5.16. The first kappa shape index (κ1) is 14.4. The molecule has 0 saturated carbocycles. The first-order chi connectivity index (χ1) is 10.7. The molecule has 0 bridgehead atoms. The van der Waals surface area contributed by atoms with Crippen molar-refractivity contribution in [3.8, 4) is 17.0 Å². The molecule has 0 aliphatic carbocycles. The van der Waals surface area contributed by atoms with Crippen LogP contribution >= 0.6 is 0 Å². The number of nitrogens with zero attached hydrogens (tertiary/aromatic N) is 2. The second kappa shape index (κ2) is 5.69. The average molecular weight is 297 g/mol. The molecule has 5 nitrogen and oxygen atoms in total. The SMILES string of the molecule is CCOc1ccc(C)cc1-c1nc2c(CO)cccn2c1N. The van der Waals surface area contributed by atoms with Crippen LogP contribution in [0.5, 0.6) is 5.75 Å². The van der Waals surface area contributed by atoms with Crippen LogP contribution in [0.15, 0.2) is 36.5 Å². The highest BCUT2D eigenvalue weighted by molar-refractivity contribution is 5.80. The Hall–Kier alpha value is -2.53. The summed E-state index contributed by atoms with van der Waals surface area (Å²) in [7, 11) is 0. The standard InChI is InChI=1S/C17H19N3O2/c1-3-22-14-7-6-11(2)9-13(14)15-16(18)20-8-4-5-12(10-21)17(20)19-15/h4-9,21H,3,10,18H2,1-2H3. The van der Waals surface area contributed by atoms with Gasteiger partial charge in [0, 0.05) is 17.3 Å². The number of aliphatic hydroxyl groups excluding tert-OH is 1. The number of aryl methyl sites for hydroxylation is 1. The number of fused-ring (bicyclic) bond motifs is 1. The fraction of sp³-hybridized carbons (Fsp3) is 0.235. The lowest BCUT2D eigenvalue weighted by Gasteiger charge is -2.10. The molecule has 0 atom stereocenters. The fourth-order valence-corrected chi connectivity index (χ4v) is 2.57. The summed E-state index contributed by atoms with van der Waals surface area (Å²) in [5, 5.41) is 9.47. The minimum atomic E-state index is -0.0770. The van der Waals surface area contributed by atoms with Crippen molar-refractivity contribution in [3.63, 3.8) is 0 Å². The van der Waals surface area contributed by atoms with Gasteiger partial charge in [0.1, 0.15) is 22.9 Å². The van der Waals surface area contributed by atoms with Crippen molar-refractivity contribution in [1.29, 1.82) is 0 Å². The van der Waals surface area contributed by atoms with E-state index in [1.165, 1.54) is 0 Å². The Morgan fingerprint density at radius 3 is 2.86 bits per heavy atom. The van der Waals surface area contributed by atoms with E-state index in [2.05, 4.69) is 4.98 Å². The van der Waals surface area contributed by atoms with Gasteiger partial charge in [-0.2, -0.15) is 0 Å². The number of rotatable bonds is 4. The molecule has 2 heterocycles. The van der Waals surface area contributed by atoms with E-state index in [0.717, 1.165) is 22.4 Å². The van der Waals surface area contributed by atoms with E-state index in [1.54, 1.807) is 4.40 Å². The van der Waals surface area contributed by atoms with Gasteiger partial charge in [-0.1, -0.05) is 17.7 Å². The number of pyridine rings is 1. The van der Waals surface area contributed by atoms with Crippen LogP contribution in [0.25, 0.3) is 16.9 Å². The van der Waals surface area contributed by atoms with E-state index in [-0.39, 0.29) is 6.61 Å². The lowest BCUT2D eigenvalue weighted by atomic mass is 10.1. The zero-order valence-corrected chi connectivity index (χ0v) is 12.7. The molecule has 3 rings (SSSR count). The summed E-state index contributed by atoms with van der Waals surface area (Å²) in [5.74, 6) is 1.30. The predicted octanol–water partition coefficient (Wildman–Crippen LogP) is 2.78. The van der Waals surface area contributed by atoms with Crippen LogP contribution in [0.1, 0.15) is 18.1 Å². The second-order valence-corrected chi connectivity index (χ2v) is 5.16. The Balaban J connectivity index is 2.27. The van der Waals surface area contributed by atoms with Crippen molar-refractivity contribution in [3.05, 3.63) is 47.7 Å². The summed E-state index contributed by atoms with van der Waals surface area (Å²) in [6.45, 7) is 4.46. The molecule has 114 valence electrons. The minimum absolute atomic E-state index is 0.0770. The molecular formula is C17H19N3O2. The molecule has 0 spiro atoms. The van der Waals surface area contributed by atoms with Crippen LogP contribution in [0, 0.1) is 6.92 Å². The Morgan fingerprint density at radius 1 is 1.32 bits per heavy atom. The number of hydrogen-bond acceptors (Lipinski definition) is 4. The third-order valence-electron chi connectivity index (χ3n) is 3.63. The number of aromatic nitrogens is 2. The van der Waals surface area contributed by atoms with Crippen molar-refractivity contribution < 1.29 is 9.84 Å². The number of benzene rings is 1. The topological polar surface area (TPSA) is 72.8 Å². The Morgan fingerprint density at radius 2 is 2.14 bits per heavy atom. The third-order valence-corrected chi connectivity index (χ3v) is 3.63. The maximum absolute atomic E-state index is 9.47. The summed E-state index contributed by atoms with van der Waals surface area (Å²) in [5.41, 5.74) is 10.3. The predicted molar refractivity (Wildman–Crippen MR) is 86.9 cm³/mol. The quantitative estimate of drug-likeness (QED) is 0.776. The number of nitrogen functional groups attached to an aromatic ring is 1. The number of nitrogens with two attached hydrogens (primary N) is 1. The van der Waals surface area contributed by atoms with E-state index in [1.807, 2.05) is 50.4 Å². The number of ether oxygens (including phenoxy) is 1. The van der Waals surface area contributed by atoms with Gasteiger partial charge in [0.2, 0.25) is 0 Å². The summed E-state index contributed by atoms with van der Waals surface area (Å²) in [4.78, 5) is 4.64. The maximum atomic E-state index is 9.47. The fourth-order valence-electron chi connectivity index (χ4n) is 2.57. The minimum Gasteiger partial charge on any atom is -0.493 e. The number of hydrogen-bond donors (Lipinski definition) is 2. The van der Waals surface area contributed by atoms with Crippen LogP contribution in [-0.4, -0.2) is 21.1 Å². The molecule has 0 saturated heterocycles. The molecule has 0 radical (unpaired) electrons. The summed E-state index contributed by atoms with van der Waals surface area (Å²) >= 11 is 0. The summed E-state index contributed by atoms with van der Waals surface area (Å²) < 4.78 is 7.49. The maximum Gasteiger partial charge on any atom is 0.144 e. The van der Waals surface area contributed by atoms with Crippen LogP contribution in [-0.2, 0) is 6.61 Å². The smallest absolute Gasteiger partial charge is 0.144 e. The van der Waals surface area contributed by atoms with Gasteiger partial charge in [-0.3, -0.25) is 4.40 Å². The van der Waals surface area contributed by atoms with Crippen molar-refractivity contribution >= 4 is 11.5 Å². The normalized spacial score (nSPS) is 11.0. The van der Waals surface area contributed by atoms with E-state index >= 15 is 0 Å². The molecular weight excluding hydrogens is 278 g/mol. The van der Waals surface area contributed by atoms with Gasteiger partial charge < -0.3 is 15.6 Å². The summed E-state index contributed by atoms with van der Waals surface area (Å²) in [6, 6.07) is 9.64. The Kier molecular flexibility index (Phi) is 3.73. The van der Waals surface area contributed by atoms with Crippen molar-refractivity contribution in [2.45, 2.75) is 20.5 Å². The van der Waals surface area contributed by atoms with Gasteiger partial charge in [0.25, 0.3) is 0 Å². The average Bonchev–Trinajstić information content (AvgIpc) is 2.86. The van der Waals surface area contributed by atoms with E-state index < -0.39 is 0 Å². The van der Waals surface area contributed by atoms with Gasteiger partial charge >= 0.3 is 0 Å². The van der Waals surface area contributed by atoms with E-state index in [9.17, 15) is 5.11 Å². The molecule has 3 N–H and O–H groups in total. The zero-order valence-electron chi connectivity index (χ0n) is 12.7. The highest BCUT2D eigenvalue weighted by Crippen LogP contribution is 2.35. The van der Waals surface area contributed by atoms with Crippen molar-refractivity contribution in [1.82, 2.24) is 9.38 Å². The molecule has 0 amide bonds. The molecule has 0 fully saturated rings. The number of imidazole rings is 1. The van der Waals surface area contributed by atoms with Gasteiger partial charge in [-0.15, -0.1) is 0 Å². The first-order valence-electron chi connectivity index (χ1n) is 7.25. The van der Waals surface area contributed by atoms with Gasteiger partial charge in [-0.25, -0.2) is 4.98 Å². The monoisotopic (exact) mass is 297 g/mol. The lowest BCUT2D eigenvalue weighted by Crippen LogP contribution is -1.98. The Labute approximate surface area is 129 Å². The van der Waals surface area contributed by atoms with Crippen LogP contribution in [0.2, 0.25) is 0 Å². The van der Waals surface area contributed by atoms with Crippen LogP contribution < -0.4 is 10.5 Å². The molecule has 0 aliphatic rings. The molecule has 0 unspecified atom stereocenters. The van der Waals surface area contributed by atoms with Gasteiger partial charge in [0.05, 0.1) is 13.2 Å². The van der Waals surface area contributed by atoms with Gasteiger partial charge in [-0.05, 0) is 32.0 Å². The van der Waals surface area contributed by atoms with Crippen molar-refractivity contribution in [2.24, 2.45) is 0 Å². The van der Waals surface area contributed by atoms with E-state index in [4.69, 9.17) is 10.5 Å². The van der Waals surface area contributed by atoms with Crippen LogP contribution in [0.3, 0.4) is 0 Å². The van der Waals surface area contributed by atoms with Gasteiger partial charge in [0.15, 0.2) is 0 Å². The number of aliphatic hydroxyl groups is 1. The summed E-state index contributed by atoms with van der Waals surface area (Å²) in [6.07, 6.45) is 1.84. The molecule has 1 aromatic carbocycles. The Bertz CT molecular complexity index is 824. The van der Waals surface area contributed by atoms with E-state index in [0.29, 0.717) is 23.8 Å². The van der Waals surface area contributed by atoms with Crippen LogP contribution in [0.4, 0.5) is 5.82 Å². The number of anilines is 1. The third kappa shape index (κ3) is 2.29. The zero-order chi connectivity index (χ0) is 15.7. The highest BCUT2D eigenvalue weighted by atomic mass is 16.5. The molecule has 5 heteroatoms. The lowest BCUT2D eigenvalue weighted by molar-refractivity contribution is 0.282. The highest BCUT2D eigenvalue weighted by Gasteiger charge is 2.17. The molecule has 2 aromatic heterocycles. The molecule has 0 aliphatic heterocycles.